The van der Waals surface area contributed by atoms with Crippen LogP contribution >= 0.6 is 0 Å². The van der Waals surface area contributed by atoms with Crippen LogP contribution in [0.5, 0.6) is 5.75 Å². The summed E-state index contributed by atoms with van der Waals surface area (Å²) < 4.78 is 6.05. The fourth-order valence-electron chi connectivity index (χ4n) is 2.40. The molecule has 1 saturated carbocycles. The molecule has 0 bridgehead atoms. The largest absolute Gasteiger partial charge is 0.489 e. The molecule has 2 nitrogen and oxygen atoms in total. The van der Waals surface area contributed by atoms with Gasteiger partial charge in [0.2, 0.25) is 0 Å². The van der Waals surface area contributed by atoms with E-state index in [4.69, 9.17) is 10.00 Å². The molecule has 2 atom stereocenters. The van der Waals surface area contributed by atoms with Gasteiger partial charge in [0.25, 0.3) is 0 Å². The van der Waals surface area contributed by atoms with E-state index in [0.717, 1.165) is 25.0 Å². The molecule has 2 heteroatoms. The van der Waals surface area contributed by atoms with Crippen LogP contribution in [0, 0.1) is 31.1 Å². The van der Waals surface area contributed by atoms with Crippen molar-refractivity contribution in [3.8, 4) is 11.8 Å². The van der Waals surface area contributed by atoms with Crippen LogP contribution in [0.1, 0.15) is 36.8 Å². The molecule has 1 aliphatic rings. The predicted octanol–water partition coefficient (Wildman–Crippen LogP) is 3.76. The minimum atomic E-state index is 0.0589. The van der Waals surface area contributed by atoms with Gasteiger partial charge >= 0.3 is 0 Å². The second kappa shape index (κ2) is 5.23. The SMILES string of the molecule is Cc1cccc(OC2CCCCC2C#N)c1C. The maximum Gasteiger partial charge on any atom is 0.122 e. The lowest BCUT2D eigenvalue weighted by atomic mass is 9.87. The summed E-state index contributed by atoms with van der Waals surface area (Å²) in [6, 6.07) is 8.49. The van der Waals surface area contributed by atoms with Gasteiger partial charge in [-0.05, 0) is 50.3 Å². The second-order valence-corrected chi connectivity index (χ2v) is 4.87. The Kier molecular flexibility index (Phi) is 3.68. The fraction of sp³-hybridized carbons (Fsp3) is 0.533. The Morgan fingerprint density at radius 1 is 1.24 bits per heavy atom. The molecule has 0 radical (unpaired) electrons. The van der Waals surface area contributed by atoms with E-state index in [1.54, 1.807) is 0 Å². The maximum absolute atomic E-state index is 9.13. The fourth-order valence-corrected chi connectivity index (χ4v) is 2.40. The average Bonchev–Trinajstić information content (AvgIpc) is 2.35. The first-order valence-electron chi connectivity index (χ1n) is 6.35. The van der Waals surface area contributed by atoms with E-state index >= 15 is 0 Å². The first-order chi connectivity index (χ1) is 8.22. The molecular weight excluding hydrogens is 210 g/mol. The lowest BCUT2D eigenvalue weighted by Crippen LogP contribution is -2.29. The number of hydrogen-bond donors (Lipinski definition) is 0. The molecular formula is C15H19NO. The van der Waals surface area contributed by atoms with Crippen LogP contribution < -0.4 is 4.74 Å². The first-order valence-corrected chi connectivity index (χ1v) is 6.35. The van der Waals surface area contributed by atoms with Crippen molar-refractivity contribution in [2.75, 3.05) is 0 Å². The minimum Gasteiger partial charge on any atom is -0.489 e. The zero-order valence-electron chi connectivity index (χ0n) is 10.6. The van der Waals surface area contributed by atoms with Gasteiger partial charge in [0, 0.05) is 0 Å². The molecule has 1 aliphatic carbocycles. The zero-order chi connectivity index (χ0) is 12.3. The highest BCUT2D eigenvalue weighted by Gasteiger charge is 2.26. The molecule has 0 aliphatic heterocycles. The van der Waals surface area contributed by atoms with Crippen molar-refractivity contribution in [3.05, 3.63) is 29.3 Å². The van der Waals surface area contributed by atoms with Gasteiger partial charge in [0.1, 0.15) is 11.9 Å². The molecule has 0 amide bonds. The second-order valence-electron chi connectivity index (χ2n) is 4.87. The third-order valence-corrected chi connectivity index (χ3v) is 3.70. The van der Waals surface area contributed by atoms with Crippen LogP contribution in [0.3, 0.4) is 0 Å². The van der Waals surface area contributed by atoms with Crippen molar-refractivity contribution in [2.45, 2.75) is 45.6 Å². The molecule has 17 heavy (non-hydrogen) atoms. The molecule has 1 fully saturated rings. The third-order valence-electron chi connectivity index (χ3n) is 3.70. The van der Waals surface area contributed by atoms with E-state index in [1.807, 2.05) is 12.1 Å². The Bertz CT molecular complexity index is 433. The van der Waals surface area contributed by atoms with E-state index in [-0.39, 0.29) is 12.0 Å². The summed E-state index contributed by atoms with van der Waals surface area (Å²) in [4.78, 5) is 0. The van der Waals surface area contributed by atoms with Gasteiger partial charge < -0.3 is 4.74 Å². The summed E-state index contributed by atoms with van der Waals surface area (Å²) in [5, 5.41) is 9.13. The monoisotopic (exact) mass is 229 g/mol. The Morgan fingerprint density at radius 3 is 2.76 bits per heavy atom. The van der Waals surface area contributed by atoms with E-state index in [9.17, 15) is 0 Å². The summed E-state index contributed by atoms with van der Waals surface area (Å²) in [5.41, 5.74) is 2.43. The molecule has 0 N–H and O–H groups in total. The summed E-state index contributed by atoms with van der Waals surface area (Å²) >= 11 is 0. The molecule has 1 aromatic carbocycles. The van der Waals surface area contributed by atoms with Gasteiger partial charge in [0.05, 0.1) is 12.0 Å². The lowest BCUT2D eigenvalue weighted by Gasteiger charge is -2.28. The maximum atomic E-state index is 9.13. The van der Waals surface area contributed by atoms with Gasteiger partial charge in [-0.15, -0.1) is 0 Å². The lowest BCUT2D eigenvalue weighted by molar-refractivity contribution is 0.119. The quantitative estimate of drug-likeness (QED) is 0.773. The Balaban J connectivity index is 2.14. The zero-order valence-corrected chi connectivity index (χ0v) is 10.6. The third kappa shape index (κ3) is 2.61. The number of hydrogen-bond acceptors (Lipinski definition) is 2. The summed E-state index contributed by atoms with van der Waals surface area (Å²) in [6.45, 7) is 4.17. The molecule has 0 heterocycles. The number of benzene rings is 1. The summed E-state index contributed by atoms with van der Waals surface area (Å²) in [7, 11) is 0. The van der Waals surface area contributed by atoms with E-state index in [2.05, 4.69) is 26.0 Å². The minimum absolute atomic E-state index is 0.0589. The number of nitriles is 1. The molecule has 1 aromatic rings. The van der Waals surface area contributed by atoms with E-state index in [0.29, 0.717) is 0 Å². The first kappa shape index (κ1) is 12.0. The van der Waals surface area contributed by atoms with E-state index in [1.165, 1.54) is 17.5 Å². The smallest absolute Gasteiger partial charge is 0.122 e. The van der Waals surface area contributed by atoms with E-state index < -0.39 is 0 Å². The van der Waals surface area contributed by atoms with Crippen molar-refractivity contribution in [3.63, 3.8) is 0 Å². The molecule has 90 valence electrons. The highest BCUT2D eigenvalue weighted by atomic mass is 16.5. The standard InChI is InChI=1S/C15H19NO/c1-11-6-5-9-14(12(11)2)17-15-8-4-3-7-13(15)10-16/h5-6,9,13,15H,3-4,7-8H2,1-2H3. The highest BCUT2D eigenvalue weighted by Crippen LogP contribution is 2.30. The van der Waals surface area contributed by atoms with Crippen LogP contribution in [0.2, 0.25) is 0 Å². The number of nitrogens with zero attached hydrogens (tertiary/aromatic N) is 1. The Hall–Kier alpha value is -1.49. The van der Waals surface area contributed by atoms with Gasteiger partial charge in [-0.3, -0.25) is 0 Å². The topological polar surface area (TPSA) is 33.0 Å². The van der Waals surface area contributed by atoms with Crippen LogP contribution in [0.15, 0.2) is 18.2 Å². The van der Waals surface area contributed by atoms with Gasteiger partial charge in [-0.2, -0.15) is 5.26 Å². The normalized spacial score (nSPS) is 24.1. The number of rotatable bonds is 2. The molecule has 2 unspecified atom stereocenters. The Morgan fingerprint density at radius 2 is 2.00 bits per heavy atom. The Labute approximate surface area is 103 Å². The van der Waals surface area contributed by atoms with Crippen molar-refractivity contribution in [1.29, 1.82) is 5.26 Å². The van der Waals surface area contributed by atoms with Crippen molar-refractivity contribution < 1.29 is 4.74 Å². The van der Waals surface area contributed by atoms with Crippen LogP contribution in [0.25, 0.3) is 0 Å². The van der Waals surface area contributed by atoms with Crippen LogP contribution in [-0.2, 0) is 0 Å². The van der Waals surface area contributed by atoms with Crippen molar-refractivity contribution in [2.24, 2.45) is 5.92 Å². The summed E-state index contributed by atoms with van der Waals surface area (Å²) in [5.74, 6) is 1.00. The molecule has 2 rings (SSSR count). The van der Waals surface area contributed by atoms with Gasteiger partial charge in [-0.1, -0.05) is 18.6 Å². The predicted molar refractivity (Wildman–Crippen MR) is 67.9 cm³/mol. The summed E-state index contributed by atoms with van der Waals surface area (Å²) in [6.07, 6.45) is 4.39. The van der Waals surface area contributed by atoms with Crippen molar-refractivity contribution in [1.82, 2.24) is 0 Å². The molecule has 0 aromatic heterocycles. The van der Waals surface area contributed by atoms with Gasteiger partial charge in [0.15, 0.2) is 0 Å². The highest BCUT2D eigenvalue weighted by molar-refractivity contribution is 5.38. The van der Waals surface area contributed by atoms with Crippen LogP contribution in [0.4, 0.5) is 0 Å². The van der Waals surface area contributed by atoms with Gasteiger partial charge in [-0.25, -0.2) is 0 Å². The average molecular weight is 229 g/mol. The molecule has 0 spiro atoms. The van der Waals surface area contributed by atoms with Crippen LogP contribution in [-0.4, -0.2) is 6.10 Å². The number of ether oxygens (including phenoxy) is 1. The molecule has 0 saturated heterocycles. The van der Waals surface area contributed by atoms with Crippen molar-refractivity contribution >= 4 is 0 Å². The number of aryl methyl sites for hydroxylation is 1.